The van der Waals surface area contributed by atoms with Gasteiger partial charge in [-0.3, -0.25) is 9.59 Å². The highest BCUT2D eigenvalue weighted by Crippen LogP contribution is 2.26. The summed E-state index contributed by atoms with van der Waals surface area (Å²) >= 11 is 7.04. The SMILES string of the molecule is CC1CC(C)CN(C(=O)c2ccccc2NC(=O)CSc2nnc(-c3ccc(Cl)cc3)o2)C1. The number of likely N-dealkylation sites (tertiary alicyclic amines) is 1. The van der Waals surface area contributed by atoms with Crippen molar-refractivity contribution in [1.82, 2.24) is 15.1 Å². The van der Waals surface area contributed by atoms with Gasteiger partial charge in [-0.25, -0.2) is 0 Å². The van der Waals surface area contributed by atoms with Crippen LogP contribution in [-0.2, 0) is 4.79 Å². The van der Waals surface area contributed by atoms with Crippen LogP contribution in [0.15, 0.2) is 58.2 Å². The van der Waals surface area contributed by atoms with E-state index in [9.17, 15) is 9.59 Å². The van der Waals surface area contributed by atoms with Crippen LogP contribution in [0.25, 0.3) is 11.5 Å². The van der Waals surface area contributed by atoms with Crippen LogP contribution < -0.4 is 5.32 Å². The summed E-state index contributed by atoms with van der Waals surface area (Å²) in [6.45, 7) is 5.79. The quantitative estimate of drug-likeness (QED) is 0.481. The Balaban J connectivity index is 1.37. The van der Waals surface area contributed by atoms with Crippen molar-refractivity contribution in [2.75, 3.05) is 24.2 Å². The Hall–Kier alpha value is -2.84. The monoisotopic (exact) mass is 484 g/mol. The predicted molar refractivity (Wildman–Crippen MR) is 129 cm³/mol. The maximum absolute atomic E-state index is 13.2. The second-order valence-electron chi connectivity index (χ2n) is 8.42. The Morgan fingerprint density at radius 2 is 1.79 bits per heavy atom. The van der Waals surface area contributed by atoms with Gasteiger partial charge in [-0.1, -0.05) is 49.3 Å². The number of carbonyl (C=O) groups is 2. The number of rotatable bonds is 6. The number of halogens is 1. The van der Waals surface area contributed by atoms with Gasteiger partial charge in [0.05, 0.1) is 17.0 Å². The largest absolute Gasteiger partial charge is 0.411 e. The molecule has 0 spiro atoms. The summed E-state index contributed by atoms with van der Waals surface area (Å²) in [4.78, 5) is 27.6. The van der Waals surface area contributed by atoms with E-state index in [4.69, 9.17) is 16.0 Å². The van der Waals surface area contributed by atoms with Gasteiger partial charge in [-0.2, -0.15) is 0 Å². The van der Waals surface area contributed by atoms with Crippen molar-refractivity contribution in [3.05, 3.63) is 59.1 Å². The summed E-state index contributed by atoms with van der Waals surface area (Å²) in [5, 5.41) is 11.8. The Bertz CT molecular complexity index is 1120. The summed E-state index contributed by atoms with van der Waals surface area (Å²) in [7, 11) is 0. The molecule has 1 N–H and O–H groups in total. The zero-order chi connectivity index (χ0) is 23.4. The standard InChI is InChI=1S/C24H25ClN4O3S/c1-15-11-16(2)13-29(12-15)23(31)19-5-3-4-6-20(19)26-21(30)14-33-24-28-27-22(32-24)17-7-9-18(25)10-8-17/h3-10,15-16H,11-14H2,1-2H3,(H,26,30). The lowest BCUT2D eigenvalue weighted by atomic mass is 9.91. The van der Waals surface area contributed by atoms with E-state index in [0.29, 0.717) is 34.0 Å². The van der Waals surface area contributed by atoms with Crippen LogP contribution in [0.1, 0.15) is 30.6 Å². The van der Waals surface area contributed by atoms with E-state index >= 15 is 0 Å². The summed E-state index contributed by atoms with van der Waals surface area (Å²) in [6.07, 6.45) is 1.12. The molecule has 4 rings (SSSR count). The predicted octanol–water partition coefficient (Wildman–Crippen LogP) is 5.24. The average molecular weight is 485 g/mol. The molecule has 1 aliphatic heterocycles. The van der Waals surface area contributed by atoms with E-state index in [2.05, 4.69) is 29.4 Å². The normalized spacial score (nSPS) is 18.2. The van der Waals surface area contributed by atoms with Crippen LogP contribution in [-0.4, -0.2) is 45.8 Å². The van der Waals surface area contributed by atoms with Crippen LogP contribution in [0.3, 0.4) is 0 Å². The second-order valence-corrected chi connectivity index (χ2v) is 9.78. The van der Waals surface area contributed by atoms with Gasteiger partial charge in [0.15, 0.2) is 0 Å². The van der Waals surface area contributed by atoms with E-state index in [1.807, 2.05) is 11.0 Å². The zero-order valence-corrected chi connectivity index (χ0v) is 20.0. The number of nitrogens with zero attached hydrogens (tertiary/aromatic N) is 3. The smallest absolute Gasteiger partial charge is 0.277 e. The molecule has 2 aromatic carbocycles. The molecular weight excluding hydrogens is 460 g/mol. The Morgan fingerprint density at radius 1 is 1.09 bits per heavy atom. The van der Waals surface area contributed by atoms with Crippen molar-refractivity contribution < 1.29 is 14.0 Å². The molecule has 2 heterocycles. The number of nitrogens with one attached hydrogen (secondary N) is 1. The number of benzene rings is 2. The summed E-state index contributed by atoms with van der Waals surface area (Å²) in [6, 6.07) is 14.2. The fraction of sp³-hybridized carbons (Fsp3) is 0.333. The maximum atomic E-state index is 13.2. The van der Waals surface area contributed by atoms with Gasteiger partial charge in [0.1, 0.15) is 0 Å². The minimum Gasteiger partial charge on any atom is -0.411 e. The first-order valence-electron chi connectivity index (χ1n) is 10.8. The second kappa shape index (κ2) is 10.4. The Labute approximate surface area is 201 Å². The molecule has 7 nitrogen and oxygen atoms in total. The van der Waals surface area contributed by atoms with Gasteiger partial charge in [-0.05, 0) is 54.7 Å². The number of anilines is 1. The molecule has 0 radical (unpaired) electrons. The minimum absolute atomic E-state index is 0.0542. The number of para-hydroxylation sites is 1. The number of amides is 2. The molecule has 0 saturated carbocycles. The molecule has 9 heteroatoms. The van der Waals surface area contributed by atoms with Crippen molar-refractivity contribution in [2.24, 2.45) is 11.8 Å². The number of hydrogen-bond donors (Lipinski definition) is 1. The van der Waals surface area contributed by atoms with Gasteiger partial charge < -0.3 is 14.6 Å². The first kappa shape index (κ1) is 23.3. The van der Waals surface area contributed by atoms with Gasteiger partial charge >= 0.3 is 0 Å². The average Bonchev–Trinajstić information content (AvgIpc) is 3.26. The van der Waals surface area contributed by atoms with Crippen LogP contribution in [0.2, 0.25) is 5.02 Å². The first-order chi connectivity index (χ1) is 15.9. The van der Waals surface area contributed by atoms with E-state index in [-0.39, 0.29) is 22.8 Å². The fourth-order valence-electron chi connectivity index (χ4n) is 4.07. The highest BCUT2D eigenvalue weighted by atomic mass is 35.5. The molecule has 1 fully saturated rings. The summed E-state index contributed by atoms with van der Waals surface area (Å²) in [5.41, 5.74) is 1.75. The Kier molecular flexibility index (Phi) is 7.35. The third-order valence-corrected chi connectivity index (χ3v) is 6.48. The molecule has 1 aromatic heterocycles. The summed E-state index contributed by atoms with van der Waals surface area (Å²) < 4.78 is 5.63. The molecular formula is C24H25ClN4O3S. The van der Waals surface area contributed by atoms with Crippen LogP contribution in [0.4, 0.5) is 5.69 Å². The highest BCUT2D eigenvalue weighted by Gasteiger charge is 2.27. The molecule has 2 unspecified atom stereocenters. The third kappa shape index (κ3) is 5.94. The van der Waals surface area contributed by atoms with Gasteiger partial charge in [-0.15, -0.1) is 10.2 Å². The van der Waals surface area contributed by atoms with Crippen molar-refractivity contribution in [3.8, 4) is 11.5 Å². The van der Waals surface area contributed by atoms with Gasteiger partial charge in [0.2, 0.25) is 11.8 Å². The van der Waals surface area contributed by atoms with E-state index in [1.54, 1.807) is 42.5 Å². The lowest BCUT2D eigenvalue weighted by Crippen LogP contribution is -2.42. The van der Waals surface area contributed by atoms with Crippen LogP contribution in [0.5, 0.6) is 0 Å². The van der Waals surface area contributed by atoms with E-state index in [0.717, 1.165) is 36.8 Å². The van der Waals surface area contributed by atoms with Crippen molar-refractivity contribution in [3.63, 3.8) is 0 Å². The topological polar surface area (TPSA) is 88.3 Å². The number of aromatic nitrogens is 2. The maximum Gasteiger partial charge on any atom is 0.277 e. The first-order valence-corrected chi connectivity index (χ1v) is 12.2. The number of thioether (sulfide) groups is 1. The van der Waals surface area contributed by atoms with E-state index in [1.165, 1.54) is 0 Å². The van der Waals surface area contributed by atoms with E-state index < -0.39 is 0 Å². The van der Waals surface area contributed by atoms with Crippen LogP contribution >= 0.6 is 23.4 Å². The highest BCUT2D eigenvalue weighted by molar-refractivity contribution is 7.99. The van der Waals surface area contributed by atoms with Crippen LogP contribution in [0, 0.1) is 11.8 Å². The lowest BCUT2D eigenvalue weighted by Gasteiger charge is -2.35. The van der Waals surface area contributed by atoms with Crippen molar-refractivity contribution >= 4 is 40.9 Å². The van der Waals surface area contributed by atoms with Gasteiger partial charge in [0.25, 0.3) is 11.1 Å². The molecule has 172 valence electrons. The zero-order valence-electron chi connectivity index (χ0n) is 18.5. The molecule has 0 aliphatic carbocycles. The van der Waals surface area contributed by atoms with Crippen molar-refractivity contribution in [2.45, 2.75) is 25.5 Å². The molecule has 1 saturated heterocycles. The van der Waals surface area contributed by atoms with Crippen molar-refractivity contribution in [1.29, 1.82) is 0 Å². The number of hydrogen-bond acceptors (Lipinski definition) is 6. The molecule has 1 aliphatic rings. The molecule has 2 amide bonds. The third-order valence-electron chi connectivity index (χ3n) is 5.41. The molecule has 3 aromatic rings. The molecule has 33 heavy (non-hydrogen) atoms. The minimum atomic E-state index is -0.258. The molecule has 0 bridgehead atoms. The fourth-order valence-corrected chi connectivity index (χ4v) is 4.76. The Morgan fingerprint density at radius 3 is 2.52 bits per heavy atom. The van der Waals surface area contributed by atoms with Gasteiger partial charge in [0, 0.05) is 23.7 Å². The lowest BCUT2D eigenvalue weighted by molar-refractivity contribution is -0.113. The summed E-state index contributed by atoms with van der Waals surface area (Å²) in [5.74, 6) is 1.04. The molecule has 2 atom stereocenters. The number of piperidine rings is 1. The number of carbonyl (C=O) groups excluding carboxylic acids is 2.